The maximum atomic E-state index is 13.3. The first kappa shape index (κ1) is 11.6. The number of carboxylic acids is 1. The monoisotopic (exact) mass is 277 g/mol. The van der Waals surface area contributed by atoms with Gasteiger partial charge in [0.2, 0.25) is 5.82 Å². The molecule has 1 rings (SSSR count). The molecule has 0 saturated heterocycles. The van der Waals surface area contributed by atoms with E-state index in [0.717, 1.165) is 6.07 Å². The molecular weight excluding hydrogens is 273 g/mol. The Hall–Kier alpha value is -1.50. The third kappa shape index (κ3) is 2.72. The minimum Gasteiger partial charge on any atom is -0.481 e. The highest BCUT2D eigenvalue weighted by Gasteiger charge is 2.20. The molecule has 0 unspecified atom stereocenters. The second kappa shape index (κ2) is 4.35. The molecule has 0 aliphatic carbocycles. The maximum absolute atomic E-state index is 13.3. The number of aliphatic carboxylic acids is 1. The Morgan fingerprint density at radius 2 is 2.20 bits per heavy atom. The topological polar surface area (TPSA) is 80.4 Å². The number of carbonyl (C=O) groups is 1. The molecule has 0 heterocycles. The zero-order valence-electron chi connectivity index (χ0n) is 7.24. The Balaban J connectivity index is 3.28. The van der Waals surface area contributed by atoms with Gasteiger partial charge >= 0.3 is 11.7 Å². The molecule has 0 aromatic heterocycles. The Labute approximate surface area is 91.8 Å². The van der Waals surface area contributed by atoms with Crippen molar-refractivity contribution in [3.8, 4) is 0 Å². The van der Waals surface area contributed by atoms with Crippen molar-refractivity contribution in [1.82, 2.24) is 0 Å². The quantitative estimate of drug-likeness (QED) is 0.678. The number of nitro benzene ring substituents is 1. The summed E-state index contributed by atoms with van der Waals surface area (Å²) >= 11 is 2.94. The van der Waals surface area contributed by atoms with Crippen molar-refractivity contribution in [2.45, 2.75) is 6.42 Å². The van der Waals surface area contributed by atoms with Crippen LogP contribution in [0.4, 0.5) is 10.1 Å². The maximum Gasteiger partial charge on any atom is 0.307 e. The lowest BCUT2D eigenvalue weighted by molar-refractivity contribution is -0.387. The molecule has 0 aliphatic heterocycles. The summed E-state index contributed by atoms with van der Waals surface area (Å²) in [4.78, 5) is 19.9. The predicted molar refractivity (Wildman–Crippen MR) is 52.1 cm³/mol. The number of nitro groups is 1. The van der Waals surface area contributed by atoms with Gasteiger partial charge in [0.15, 0.2) is 0 Å². The lowest BCUT2D eigenvalue weighted by Crippen LogP contribution is -2.04. The van der Waals surface area contributed by atoms with Gasteiger partial charge in [-0.2, -0.15) is 4.39 Å². The highest BCUT2D eigenvalue weighted by atomic mass is 79.9. The van der Waals surface area contributed by atoms with Crippen molar-refractivity contribution in [2.75, 3.05) is 0 Å². The molecule has 0 amide bonds. The van der Waals surface area contributed by atoms with Crippen molar-refractivity contribution in [3.63, 3.8) is 0 Å². The molecule has 80 valence electrons. The van der Waals surface area contributed by atoms with Crippen molar-refractivity contribution in [1.29, 1.82) is 0 Å². The van der Waals surface area contributed by atoms with E-state index in [-0.39, 0.29) is 10.0 Å². The van der Waals surface area contributed by atoms with Gasteiger partial charge in [-0.25, -0.2) is 0 Å². The zero-order valence-corrected chi connectivity index (χ0v) is 8.82. The third-order valence-electron chi connectivity index (χ3n) is 1.63. The summed E-state index contributed by atoms with van der Waals surface area (Å²) in [6.45, 7) is 0. The van der Waals surface area contributed by atoms with Gasteiger partial charge in [0.05, 0.1) is 11.3 Å². The molecule has 0 saturated carbocycles. The minimum atomic E-state index is -1.25. The van der Waals surface area contributed by atoms with E-state index in [1.807, 2.05) is 0 Å². The summed E-state index contributed by atoms with van der Waals surface area (Å²) in [7, 11) is 0. The second-order valence-corrected chi connectivity index (χ2v) is 3.64. The largest absolute Gasteiger partial charge is 0.481 e. The number of hydrogen-bond donors (Lipinski definition) is 1. The molecule has 0 radical (unpaired) electrons. The highest BCUT2D eigenvalue weighted by molar-refractivity contribution is 9.10. The van der Waals surface area contributed by atoms with Crippen molar-refractivity contribution < 1.29 is 19.2 Å². The summed E-state index contributed by atoms with van der Waals surface area (Å²) in [6.07, 6.45) is -0.591. The molecule has 7 heteroatoms. The van der Waals surface area contributed by atoms with Crippen LogP contribution < -0.4 is 0 Å². The molecule has 1 aromatic rings. The lowest BCUT2D eigenvalue weighted by Gasteiger charge is -2.01. The van der Waals surface area contributed by atoms with Crippen LogP contribution in [0.15, 0.2) is 16.6 Å². The van der Waals surface area contributed by atoms with Crippen LogP contribution in [0.5, 0.6) is 0 Å². The van der Waals surface area contributed by atoms with Crippen molar-refractivity contribution in [2.24, 2.45) is 0 Å². The van der Waals surface area contributed by atoms with E-state index in [0.29, 0.717) is 0 Å². The fourth-order valence-corrected chi connectivity index (χ4v) is 1.55. The average molecular weight is 278 g/mol. The lowest BCUT2D eigenvalue weighted by atomic mass is 10.1. The number of carboxylic acid groups (broad SMARTS) is 1. The fraction of sp³-hybridized carbons (Fsp3) is 0.125. The van der Waals surface area contributed by atoms with Crippen LogP contribution in [0, 0.1) is 15.9 Å². The van der Waals surface area contributed by atoms with Gasteiger partial charge < -0.3 is 5.11 Å². The molecule has 0 fully saturated rings. The average Bonchev–Trinajstić information content (AvgIpc) is 2.09. The van der Waals surface area contributed by atoms with Gasteiger partial charge in [-0.1, -0.05) is 15.9 Å². The first-order valence-electron chi connectivity index (χ1n) is 3.76. The smallest absolute Gasteiger partial charge is 0.307 e. The van der Waals surface area contributed by atoms with Crippen LogP contribution in [0.2, 0.25) is 0 Å². The van der Waals surface area contributed by atoms with Gasteiger partial charge in [-0.15, -0.1) is 0 Å². The number of halogens is 2. The molecule has 5 nitrogen and oxygen atoms in total. The normalized spacial score (nSPS) is 10.0. The summed E-state index contributed by atoms with van der Waals surface area (Å²) in [5.74, 6) is -2.35. The summed E-state index contributed by atoms with van der Waals surface area (Å²) in [5.41, 5.74) is -0.954. The van der Waals surface area contributed by atoms with E-state index >= 15 is 0 Å². The van der Waals surface area contributed by atoms with Crippen LogP contribution in [-0.4, -0.2) is 16.0 Å². The summed E-state index contributed by atoms with van der Waals surface area (Å²) in [5, 5.41) is 18.9. The van der Waals surface area contributed by atoms with Crippen LogP contribution in [0.1, 0.15) is 5.56 Å². The molecule has 0 aliphatic rings. The van der Waals surface area contributed by atoms with Crippen LogP contribution in [-0.2, 0) is 11.2 Å². The Morgan fingerprint density at radius 1 is 1.60 bits per heavy atom. The van der Waals surface area contributed by atoms with Crippen molar-refractivity contribution in [3.05, 3.63) is 38.1 Å². The van der Waals surface area contributed by atoms with E-state index in [9.17, 15) is 19.3 Å². The van der Waals surface area contributed by atoms with Crippen LogP contribution in [0.25, 0.3) is 0 Å². The van der Waals surface area contributed by atoms with Gasteiger partial charge in [-0.05, 0) is 6.07 Å². The van der Waals surface area contributed by atoms with E-state index in [4.69, 9.17) is 5.11 Å². The number of benzene rings is 1. The molecule has 0 bridgehead atoms. The van der Waals surface area contributed by atoms with Crippen LogP contribution >= 0.6 is 15.9 Å². The number of nitrogens with zero attached hydrogens (tertiary/aromatic N) is 1. The molecule has 15 heavy (non-hydrogen) atoms. The van der Waals surface area contributed by atoms with Crippen LogP contribution in [0.3, 0.4) is 0 Å². The van der Waals surface area contributed by atoms with Gasteiger partial charge in [-0.3, -0.25) is 14.9 Å². The molecule has 0 spiro atoms. The van der Waals surface area contributed by atoms with Gasteiger partial charge in [0.25, 0.3) is 0 Å². The van der Waals surface area contributed by atoms with E-state index < -0.39 is 28.8 Å². The fourth-order valence-electron chi connectivity index (χ4n) is 1.05. The van der Waals surface area contributed by atoms with Crippen molar-refractivity contribution >= 4 is 27.6 Å². The predicted octanol–water partition coefficient (Wildman–Crippen LogP) is 2.12. The highest BCUT2D eigenvalue weighted by Crippen LogP contribution is 2.26. The van der Waals surface area contributed by atoms with E-state index in [1.165, 1.54) is 6.07 Å². The summed E-state index contributed by atoms with van der Waals surface area (Å²) < 4.78 is 13.6. The third-order valence-corrected chi connectivity index (χ3v) is 2.09. The van der Waals surface area contributed by atoms with E-state index in [1.54, 1.807) is 0 Å². The zero-order chi connectivity index (χ0) is 11.6. The van der Waals surface area contributed by atoms with E-state index in [2.05, 4.69) is 15.9 Å². The first-order valence-corrected chi connectivity index (χ1v) is 4.55. The van der Waals surface area contributed by atoms with Gasteiger partial charge in [0, 0.05) is 16.1 Å². The molecular formula is C8H5BrFNO4. The molecule has 1 aromatic carbocycles. The Bertz CT molecular complexity index is 435. The minimum absolute atomic E-state index is 0.219. The Kier molecular flexibility index (Phi) is 3.35. The number of hydrogen-bond acceptors (Lipinski definition) is 3. The van der Waals surface area contributed by atoms with Gasteiger partial charge in [0.1, 0.15) is 0 Å². The summed E-state index contributed by atoms with van der Waals surface area (Å²) in [6, 6.07) is 2.19. The second-order valence-electron chi connectivity index (χ2n) is 2.73. The molecule has 0 atom stereocenters. The number of rotatable bonds is 3. The first-order chi connectivity index (χ1) is 6.91. The standard InChI is InChI=1S/C8H5BrFNO4/c9-5-1-4(2-7(12)13)8(10)6(3-5)11(14)15/h1,3H,2H2,(H,12,13). The molecule has 1 N–H and O–H groups in total. The SMILES string of the molecule is O=C(O)Cc1cc(Br)cc([N+](=O)[O-])c1F. The Morgan fingerprint density at radius 3 is 2.67 bits per heavy atom.